The number of carboxylic acids is 1. The van der Waals surface area contributed by atoms with Gasteiger partial charge in [-0.2, -0.15) is 0 Å². The first kappa shape index (κ1) is 15.1. The van der Waals surface area contributed by atoms with E-state index in [1.54, 1.807) is 25.1 Å². The summed E-state index contributed by atoms with van der Waals surface area (Å²) in [5.41, 5.74) is 0.737. The van der Waals surface area contributed by atoms with Crippen molar-refractivity contribution in [3.8, 4) is 0 Å². The van der Waals surface area contributed by atoms with E-state index in [9.17, 15) is 9.59 Å². The van der Waals surface area contributed by atoms with Crippen molar-refractivity contribution in [3.05, 3.63) is 33.8 Å². The molecule has 2 atom stereocenters. The van der Waals surface area contributed by atoms with Crippen LogP contribution in [0.25, 0.3) is 0 Å². The van der Waals surface area contributed by atoms with Crippen LogP contribution < -0.4 is 0 Å². The van der Waals surface area contributed by atoms with Crippen molar-refractivity contribution < 1.29 is 14.7 Å². The van der Waals surface area contributed by atoms with E-state index < -0.39 is 17.9 Å². The molecule has 1 aliphatic heterocycles. The molecule has 1 N–H and O–H groups in total. The van der Waals surface area contributed by atoms with E-state index in [1.165, 1.54) is 4.90 Å². The first-order valence-electron chi connectivity index (χ1n) is 6.40. The van der Waals surface area contributed by atoms with Gasteiger partial charge in [0.25, 0.3) is 0 Å². The molecule has 2 rings (SSSR count). The number of carboxylic acid groups (broad SMARTS) is 1. The summed E-state index contributed by atoms with van der Waals surface area (Å²) in [7, 11) is 0. The summed E-state index contributed by atoms with van der Waals surface area (Å²) in [4.78, 5) is 25.0. The number of hydrogen-bond acceptors (Lipinski definition) is 2. The number of carbonyl (C=O) groups is 2. The van der Waals surface area contributed by atoms with Gasteiger partial charge < -0.3 is 10.0 Å². The highest BCUT2D eigenvalue weighted by atomic mass is 35.5. The fourth-order valence-electron chi connectivity index (χ4n) is 2.46. The van der Waals surface area contributed by atoms with Gasteiger partial charge in [0, 0.05) is 6.54 Å². The molecule has 4 nitrogen and oxygen atoms in total. The van der Waals surface area contributed by atoms with Crippen LogP contribution in [0, 0.1) is 0 Å². The zero-order chi connectivity index (χ0) is 14.9. The van der Waals surface area contributed by atoms with Crippen LogP contribution in [0.1, 0.15) is 31.2 Å². The van der Waals surface area contributed by atoms with Crippen LogP contribution >= 0.6 is 23.2 Å². The lowest BCUT2D eigenvalue weighted by molar-refractivity contribution is -0.148. The van der Waals surface area contributed by atoms with Gasteiger partial charge in [0.1, 0.15) is 6.04 Å². The molecule has 0 aromatic heterocycles. The Morgan fingerprint density at radius 1 is 1.35 bits per heavy atom. The molecule has 0 saturated carbocycles. The molecule has 0 radical (unpaired) electrons. The molecule has 0 bridgehead atoms. The topological polar surface area (TPSA) is 57.6 Å². The van der Waals surface area contributed by atoms with Crippen molar-refractivity contribution in [2.24, 2.45) is 0 Å². The summed E-state index contributed by atoms with van der Waals surface area (Å²) < 4.78 is 0. The molecule has 1 aromatic carbocycles. The molecule has 108 valence electrons. The van der Waals surface area contributed by atoms with Crippen molar-refractivity contribution in [2.75, 3.05) is 6.54 Å². The highest BCUT2D eigenvalue weighted by Crippen LogP contribution is 2.29. The average Bonchev–Trinajstić information content (AvgIpc) is 2.89. The number of carbonyl (C=O) groups excluding carboxylic acids is 1. The minimum Gasteiger partial charge on any atom is -0.480 e. The second kappa shape index (κ2) is 6.02. The summed E-state index contributed by atoms with van der Waals surface area (Å²) in [5.74, 6) is -1.57. The molecule has 0 aliphatic carbocycles. The van der Waals surface area contributed by atoms with Crippen molar-refractivity contribution in [1.29, 1.82) is 0 Å². The molecule has 0 spiro atoms. The summed E-state index contributed by atoms with van der Waals surface area (Å²) in [5, 5.41) is 9.95. The Labute approximate surface area is 127 Å². The number of benzene rings is 1. The maximum atomic E-state index is 12.4. The van der Waals surface area contributed by atoms with E-state index in [-0.39, 0.29) is 5.91 Å². The standard InChI is InChI=1S/C14H15Cl2NO3/c1-8(9-4-5-10(15)11(16)7-9)13(18)17-6-2-3-12(17)14(19)20/h4-5,7-8,12H,2-3,6H2,1H3,(H,19,20)/t8?,12-/m1/s1. The molecule has 1 heterocycles. The Morgan fingerprint density at radius 3 is 2.65 bits per heavy atom. The number of likely N-dealkylation sites (tertiary alicyclic amines) is 1. The zero-order valence-corrected chi connectivity index (χ0v) is 12.5. The normalized spacial score (nSPS) is 19.9. The van der Waals surface area contributed by atoms with E-state index in [1.807, 2.05) is 0 Å². The highest BCUT2D eigenvalue weighted by molar-refractivity contribution is 6.42. The number of halogens is 2. The van der Waals surface area contributed by atoms with E-state index in [0.29, 0.717) is 23.0 Å². The lowest BCUT2D eigenvalue weighted by Crippen LogP contribution is -2.42. The van der Waals surface area contributed by atoms with Gasteiger partial charge in [-0.25, -0.2) is 4.79 Å². The number of amides is 1. The fourth-order valence-corrected chi connectivity index (χ4v) is 2.77. The van der Waals surface area contributed by atoms with Crippen LogP contribution in [0.5, 0.6) is 0 Å². The molecule has 20 heavy (non-hydrogen) atoms. The largest absolute Gasteiger partial charge is 0.480 e. The molecule has 1 aromatic rings. The predicted molar refractivity (Wildman–Crippen MR) is 77.2 cm³/mol. The molecular formula is C14H15Cl2NO3. The first-order chi connectivity index (χ1) is 9.41. The van der Waals surface area contributed by atoms with E-state index in [2.05, 4.69) is 0 Å². The molecule has 1 unspecified atom stereocenters. The Bertz CT molecular complexity index is 547. The number of aliphatic carboxylic acids is 1. The van der Waals surface area contributed by atoms with Crippen LogP contribution in [0.3, 0.4) is 0 Å². The second-order valence-electron chi connectivity index (χ2n) is 4.92. The van der Waals surface area contributed by atoms with Crippen LogP contribution in [0.4, 0.5) is 0 Å². The first-order valence-corrected chi connectivity index (χ1v) is 7.15. The van der Waals surface area contributed by atoms with Crippen LogP contribution in [-0.4, -0.2) is 34.5 Å². The smallest absolute Gasteiger partial charge is 0.326 e. The lowest BCUT2D eigenvalue weighted by Gasteiger charge is -2.25. The number of hydrogen-bond donors (Lipinski definition) is 1. The Morgan fingerprint density at radius 2 is 2.05 bits per heavy atom. The SMILES string of the molecule is CC(C(=O)N1CCC[C@@H]1C(=O)O)c1ccc(Cl)c(Cl)c1. The monoisotopic (exact) mass is 315 g/mol. The molecule has 1 saturated heterocycles. The summed E-state index contributed by atoms with van der Waals surface area (Å²) in [6.07, 6.45) is 1.23. The van der Waals surface area contributed by atoms with Gasteiger partial charge in [0.15, 0.2) is 0 Å². The van der Waals surface area contributed by atoms with Crippen molar-refractivity contribution >= 4 is 35.1 Å². The van der Waals surface area contributed by atoms with Gasteiger partial charge in [-0.05, 0) is 37.5 Å². The van der Waals surface area contributed by atoms with Crippen molar-refractivity contribution in [1.82, 2.24) is 4.90 Å². The van der Waals surface area contributed by atoms with Gasteiger partial charge in [0.05, 0.1) is 16.0 Å². The van der Waals surface area contributed by atoms with Gasteiger partial charge in [-0.1, -0.05) is 29.3 Å². The number of rotatable bonds is 3. The highest BCUT2D eigenvalue weighted by Gasteiger charge is 2.36. The van der Waals surface area contributed by atoms with Crippen LogP contribution in [0.15, 0.2) is 18.2 Å². The third-order valence-corrected chi connectivity index (χ3v) is 4.37. The van der Waals surface area contributed by atoms with Crippen molar-refractivity contribution in [2.45, 2.75) is 31.7 Å². The second-order valence-corrected chi connectivity index (χ2v) is 5.74. The molecule has 1 fully saturated rings. The summed E-state index contributed by atoms with van der Waals surface area (Å²) >= 11 is 11.8. The quantitative estimate of drug-likeness (QED) is 0.932. The molecule has 1 amide bonds. The average molecular weight is 316 g/mol. The van der Waals surface area contributed by atoms with Gasteiger partial charge >= 0.3 is 5.97 Å². The summed E-state index contributed by atoms with van der Waals surface area (Å²) in [6, 6.07) is 4.32. The van der Waals surface area contributed by atoms with Crippen molar-refractivity contribution in [3.63, 3.8) is 0 Å². The van der Waals surface area contributed by atoms with Crippen LogP contribution in [-0.2, 0) is 9.59 Å². The maximum absolute atomic E-state index is 12.4. The van der Waals surface area contributed by atoms with E-state index >= 15 is 0 Å². The third kappa shape index (κ3) is 2.91. The minimum absolute atomic E-state index is 0.187. The van der Waals surface area contributed by atoms with E-state index in [4.69, 9.17) is 28.3 Å². The van der Waals surface area contributed by atoms with Gasteiger partial charge in [-0.3, -0.25) is 4.79 Å². The predicted octanol–water partition coefficient (Wildman–Crippen LogP) is 3.17. The summed E-state index contributed by atoms with van der Waals surface area (Å²) in [6.45, 7) is 2.24. The van der Waals surface area contributed by atoms with Crippen LogP contribution in [0.2, 0.25) is 10.0 Å². The fraction of sp³-hybridized carbons (Fsp3) is 0.429. The minimum atomic E-state index is -0.947. The Balaban J connectivity index is 2.19. The maximum Gasteiger partial charge on any atom is 0.326 e. The number of nitrogens with zero attached hydrogens (tertiary/aromatic N) is 1. The third-order valence-electron chi connectivity index (χ3n) is 3.64. The molecular weight excluding hydrogens is 301 g/mol. The Kier molecular flexibility index (Phi) is 4.55. The molecule has 1 aliphatic rings. The zero-order valence-electron chi connectivity index (χ0n) is 11.0. The lowest BCUT2D eigenvalue weighted by atomic mass is 9.99. The van der Waals surface area contributed by atoms with E-state index in [0.717, 1.165) is 12.0 Å². The van der Waals surface area contributed by atoms with Gasteiger partial charge in [0.2, 0.25) is 5.91 Å². The molecule has 6 heteroatoms. The Hall–Kier alpha value is -1.26. The van der Waals surface area contributed by atoms with Gasteiger partial charge in [-0.15, -0.1) is 0 Å².